The van der Waals surface area contributed by atoms with E-state index in [-0.39, 0.29) is 46.5 Å². The summed E-state index contributed by atoms with van der Waals surface area (Å²) < 4.78 is 0. The van der Waals surface area contributed by atoms with Crippen molar-refractivity contribution in [1.82, 2.24) is 0 Å². The van der Waals surface area contributed by atoms with Crippen LogP contribution in [0.5, 0.6) is 0 Å². The quantitative estimate of drug-likeness (QED) is 0.347. The maximum absolute atomic E-state index is 7.54. The van der Waals surface area contributed by atoms with E-state index in [0.29, 0.717) is 5.69 Å². The maximum atomic E-state index is 7.54. The van der Waals surface area contributed by atoms with Crippen molar-refractivity contribution in [2.45, 2.75) is 27.2 Å². The van der Waals surface area contributed by atoms with Crippen LogP contribution in [-0.4, -0.2) is 0 Å². The molecule has 1 aliphatic rings. The number of halogens is 2. The fourth-order valence-corrected chi connectivity index (χ4v) is 2.66. The molecule has 0 fully saturated rings. The van der Waals surface area contributed by atoms with Crippen LogP contribution < -0.4 is 0 Å². The van der Waals surface area contributed by atoms with Crippen LogP contribution in [0.2, 0.25) is 0 Å². The van der Waals surface area contributed by atoms with Crippen molar-refractivity contribution in [3.63, 3.8) is 0 Å². The molecule has 0 saturated heterocycles. The van der Waals surface area contributed by atoms with E-state index in [2.05, 4.69) is 50.3 Å². The first-order chi connectivity index (χ1) is 10.5. The first-order valence-electron chi connectivity index (χ1n) is 7.55. The number of allylic oxidation sites excluding steroid dienone is 4. The zero-order valence-corrected chi connectivity index (χ0v) is 18.1. The van der Waals surface area contributed by atoms with Gasteiger partial charge in [0.05, 0.1) is 0 Å². The molecule has 4 heteroatoms. The van der Waals surface area contributed by atoms with Crippen molar-refractivity contribution in [3.05, 3.63) is 95.1 Å². The van der Waals surface area contributed by atoms with Gasteiger partial charge in [0, 0.05) is 0 Å². The van der Waals surface area contributed by atoms with Gasteiger partial charge in [-0.25, -0.2) is 0 Å². The SMILES string of the molecule is Cc1cc(C)c([NH-])c(C)c1.Cl.Cl.[CH2-]c1ccccc1C1=CC=CC1.[Ti+2]. The van der Waals surface area contributed by atoms with E-state index in [9.17, 15) is 0 Å². The smallest absolute Gasteiger partial charge is 0.698 e. The van der Waals surface area contributed by atoms with Crippen LogP contribution in [0, 0.1) is 27.7 Å². The summed E-state index contributed by atoms with van der Waals surface area (Å²) in [6, 6.07) is 12.3. The summed E-state index contributed by atoms with van der Waals surface area (Å²) in [5, 5.41) is 0. The Morgan fingerprint density at radius 3 is 2.00 bits per heavy atom. The van der Waals surface area contributed by atoms with E-state index in [0.717, 1.165) is 23.1 Å². The average molecular weight is 410 g/mol. The molecule has 0 spiro atoms. The first kappa shape index (κ1) is 26.1. The predicted octanol–water partition coefficient (Wildman–Crippen LogP) is 7.35. The molecule has 1 aliphatic carbocycles. The van der Waals surface area contributed by atoms with E-state index >= 15 is 0 Å². The Morgan fingerprint density at radius 1 is 0.960 bits per heavy atom. The minimum atomic E-state index is 0. The molecule has 1 nitrogen and oxygen atoms in total. The molecule has 0 aliphatic heterocycles. The zero-order chi connectivity index (χ0) is 16.1. The van der Waals surface area contributed by atoms with Crippen molar-refractivity contribution in [1.29, 1.82) is 0 Å². The molecule has 0 bridgehead atoms. The van der Waals surface area contributed by atoms with Gasteiger partial charge in [0.2, 0.25) is 0 Å². The normalized spacial score (nSPS) is 11.1. The molecule has 2 aromatic carbocycles. The minimum Gasteiger partial charge on any atom is -0.698 e. The van der Waals surface area contributed by atoms with Gasteiger partial charge in [0.25, 0.3) is 0 Å². The fourth-order valence-electron chi connectivity index (χ4n) is 2.66. The molecular formula is C21H25Cl2NTi. The monoisotopic (exact) mass is 409 g/mol. The molecule has 2 aromatic rings. The van der Waals surface area contributed by atoms with Crippen LogP contribution in [0.4, 0.5) is 5.69 Å². The van der Waals surface area contributed by atoms with E-state index < -0.39 is 0 Å². The van der Waals surface area contributed by atoms with Crippen molar-refractivity contribution in [2.75, 3.05) is 0 Å². The first-order valence-corrected chi connectivity index (χ1v) is 7.55. The van der Waals surface area contributed by atoms with Crippen LogP contribution in [0.1, 0.15) is 34.2 Å². The molecule has 132 valence electrons. The predicted molar refractivity (Wildman–Crippen MR) is 112 cm³/mol. The second-order valence-corrected chi connectivity index (χ2v) is 5.76. The summed E-state index contributed by atoms with van der Waals surface area (Å²) in [4.78, 5) is 0. The van der Waals surface area contributed by atoms with Crippen LogP contribution in [0.3, 0.4) is 0 Å². The number of benzene rings is 2. The van der Waals surface area contributed by atoms with E-state index in [1.165, 1.54) is 16.7 Å². The number of rotatable bonds is 1. The fraction of sp³-hybridized carbons (Fsp3) is 0.190. The third-order valence-corrected chi connectivity index (χ3v) is 3.81. The third kappa shape index (κ3) is 7.34. The summed E-state index contributed by atoms with van der Waals surface area (Å²) in [5.74, 6) is 0. The van der Waals surface area contributed by atoms with Gasteiger partial charge in [0.15, 0.2) is 0 Å². The summed E-state index contributed by atoms with van der Waals surface area (Å²) in [7, 11) is 0. The van der Waals surface area contributed by atoms with Crippen LogP contribution in [0.15, 0.2) is 54.6 Å². The van der Waals surface area contributed by atoms with E-state index in [1.807, 2.05) is 32.0 Å². The second kappa shape index (κ2) is 12.3. The van der Waals surface area contributed by atoms with Crippen molar-refractivity contribution in [3.8, 4) is 0 Å². The molecule has 0 unspecified atom stereocenters. The Morgan fingerprint density at radius 2 is 1.52 bits per heavy atom. The van der Waals surface area contributed by atoms with Crippen molar-refractivity contribution < 1.29 is 21.7 Å². The van der Waals surface area contributed by atoms with Crippen LogP contribution in [0.25, 0.3) is 11.3 Å². The molecule has 1 N–H and O–H groups in total. The number of aryl methyl sites for hydroxylation is 3. The Kier molecular flexibility index (Phi) is 12.8. The molecule has 0 heterocycles. The maximum Gasteiger partial charge on any atom is 2.00 e. The third-order valence-electron chi connectivity index (χ3n) is 3.81. The largest absolute Gasteiger partial charge is 2.00 e. The summed E-state index contributed by atoms with van der Waals surface area (Å²) in [6.07, 6.45) is 7.47. The summed E-state index contributed by atoms with van der Waals surface area (Å²) >= 11 is 0. The topological polar surface area (TPSA) is 23.8 Å². The number of hydrogen-bond acceptors (Lipinski definition) is 0. The minimum absolute atomic E-state index is 0. The van der Waals surface area contributed by atoms with Gasteiger partial charge in [0.1, 0.15) is 0 Å². The molecular weight excluding hydrogens is 385 g/mol. The second-order valence-electron chi connectivity index (χ2n) is 5.76. The Hall–Kier alpha value is -1.12. The molecule has 3 rings (SSSR count). The Labute approximate surface area is 179 Å². The summed E-state index contributed by atoms with van der Waals surface area (Å²) in [6.45, 7) is 10.0. The van der Waals surface area contributed by atoms with Crippen molar-refractivity contribution in [2.24, 2.45) is 0 Å². The van der Waals surface area contributed by atoms with E-state index in [4.69, 9.17) is 5.73 Å². The van der Waals surface area contributed by atoms with Gasteiger partial charge in [-0.2, -0.15) is 18.6 Å². The van der Waals surface area contributed by atoms with Gasteiger partial charge in [-0.15, -0.1) is 48.2 Å². The Bertz CT molecular complexity index is 713. The van der Waals surface area contributed by atoms with Crippen molar-refractivity contribution >= 4 is 36.1 Å². The average Bonchev–Trinajstić information content (AvgIpc) is 3.00. The van der Waals surface area contributed by atoms with Crippen LogP contribution >= 0.6 is 24.8 Å². The van der Waals surface area contributed by atoms with Gasteiger partial charge in [-0.05, 0) is 27.2 Å². The Balaban J connectivity index is 0. The number of hydrogen-bond donors (Lipinski definition) is 0. The number of nitrogens with one attached hydrogen (secondary N) is 1. The van der Waals surface area contributed by atoms with Gasteiger partial charge in [-0.1, -0.05) is 58.7 Å². The van der Waals surface area contributed by atoms with Gasteiger partial charge < -0.3 is 5.73 Å². The molecule has 25 heavy (non-hydrogen) atoms. The molecule has 0 saturated carbocycles. The van der Waals surface area contributed by atoms with Gasteiger partial charge >= 0.3 is 21.7 Å². The molecule has 0 radical (unpaired) electrons. The molecule has 0 aromatic heterocycles. The van der Waals surface area contributed by atoms with E-state index in [1.54, 1.807) is 0 Å². The molecule has 0 amide bonds. The zero-order valence-electron chi connectivity index (χ0n) is 14.9. The van der Waals surface area contributed by atoms with Gasteiger partial charge in [-0.3, -0.25) is 0 Å². The van der Waals surface area contributed by atoms with Crippen LogP contribution in [-0.2, 0) is 21.7 Å². The summed E-state index contributed by atoms with van der Waals surface area (Å²) in [5.41, 5.74) is 15.4. The molecule has 0 atom stereocenters. The standard InChI is InChI=1S/C12H11.C9H12N.2ClH.Ti/c1-10-6-2-5-9-12(10)11-7-3-4-8-11;1-6-4-7(2)9(10)8(3)5-6;;;/h2-7,9H,1,8H2;4-5,10H,1-3H3;2*1H;/q2*-1;;;+2.